The predicted molar refractivity (Wildman–Crippen MR) is 117 cm³/mol. The van der Waals surface area contributed by atoms with Gasteiger partial charge in [0.2, 0.25) is 0 Å². The summed E-state index contributed by atoms with van der Waals surface area (Å²) in [7, 11) is 1.53. The van der Waals surface area contributed by atoms with Crippen molar-refractivity contribution in [2.45, 2.75) is 19.6 Å². The highest BCUT2D eigenvalue weighted by Gasteiger charge is 2.23. The van der Waals surface area contributed by atoms with Crippen molar-refractivity contribution in [3.8, 4) is 11.8 Å². The van der Waals surface area contributed by atoms with E-state index in [1.54, 1.807) is 18.2 Å². The number of aromatic nitrogens is 1. The first-order chi connectivity index (χ1) is 16.0. The average Bonchev–Trinajstić information content (AvgIpc) is 3.11. The number of ether oxygens (including phenoxy) is 3. The number of morpholine rings is 1. The first kappa shape index (κ1) is 24.6. The van der Waals surface area contributed by atoms with E-state index >= 15 is 0 Å². The summed E-state index contributed by atoms with van der Waals surface area (Å²) in [6.07, 6.45) is 1.91. The Morgan fingerprint density at radius 3 is 2.73 bits per heavy atom. The van der Waals surface area contributed by atoms with Crippen LogP contribution in [0.2, 0.25) is 0 Å². The number of rotatable bonds is 8. The van der Waals surface area contributed by atoms with Gasteiger partial charge < -0.3 is 19.1 Å². The lowest BCUT2D eigenvalue weighted by molar-refractivity contribution is -0.128. The number of hydrogen-bond acceptors (Lipinski definition) is 7. The van der Waals surface area contributed by atoms with E-state index in [1.165, 1.54) is 28.7 Å². The van der Waals surface area contributed by atoms with Crippen LogP contribution in [0.5, 0.6) is 5.75 Å². The largest absolute Gasteiger partial charge is 0.434 e. The first-order valence-corrected chi connectivity index (χ1v) is 11.0. The normalized spacial score (nSPS) is 15.5. The number of hydrogen-bond donors (Lipinski definition) is 0. The van der Waals surface area contributed by atoms with E-state index < -0.39 is 18.1 Å². The topological polar surface area (TPSA) is 93.8 Å². The molecule has 0 saturated carbocycles. The van der Waals surface area contributed by atoms with Crippen LogP contribution in [0.4, 0.5) is 8.78 Å². The summed E-state index contributed by atoms with van der Waals surface area (Å²) >= 11 is 0.964. The number of alkyl halides is 2. The van der Waals surface area contributed by atoms with E-state index in [-0.39, 0.29) is 32.6 Å². The zero-order valence-electron chi connectivity index (χ0n) is 18.0. The molecule has 1 aliphatic rings. The zero-order valence-corrected chi connectivity index (χ0v) is 18.8. The molecule has 2 heterocycles. The minimum absolute atomic E-state index is 0.0818. The van der Waals surface area contributed by atoms with E-state index in [2.05, 4.69) is 4.74 Å². The maximum absolute atomic E-state index is 13.2. The second-order valence-electron chi connectivity index (χ2n) is 7.03. The van der Waals surface area contributed by atoms with Crippen molar-refractivity contribution in [3.63, 3.8) is 0 Å². The van der Waals surface area contributed by atoms with Gasteiger partial charge >= 0.3 is 6.61 Å². The third-order valence-electron chi connectivity index (χ3n) is 4.90. The lowest BCUT2D eigenvalue weighted by Crippen LogP contribution is -2.43. The summed E-state index contributed by atoms with van der Waals surface area (Å²) in [4.78, 5) is 27.7. The van der Waals surface area contributed by atoms with Crippen molar-refractivity contribution in [2.75, 3.05) is 40.0 Å². The molecule has 11 heteroatoms. The lowest BCUT2D eigenvalue weighted by atomic mass is 10.2. The van der Waals surface area contributed by atoms with Gasteiger partial charge in [-0.1, -0.05) is 18.2 Å². The lowest BCUT2D eigenvalue weighted by Gasteiger charge is -2.26. The van der Waals surface area contributed by atoms with Crippen LogP contribution in [0.3, 0.4) is 0 Å². The maximum atomic E-state index is 13.2. The molecule has 1 fully saturated rings. The molecule has 0 atom stereocenters. The molecule has 0 aliphatic carbocycles. The summed E-state index contributed by atoms with van der Waals surface area (Å²) in [5.41, 5.74) is -0.293. The van der Waals surface area contributed by atoms with Crippen LogP contribution in [-0.2, 0) is 20.8 Å². The van der Waals surface area contributed by atoms with Crippen molar-refractivity contribution < 1.29 is 27.8 Å². The highest BCUT2D eigenvalue weighted by atomic mass is 32.1. The highest BCUT2D eigenvalue weighted by Crippen LogP contribution is 2.20. The maximum Gasteiger partial charge on any atom is 0.387 e. The summed E-state index contributed by atoms with van der Waals surface area (Å²) in [5, 5.41) is 9.80. The molecule has 1 aromatic heterocycles. The van der Waals surface area contributed by atoms with Crippen LogP contribution < -0.4 is 19.5 Å². The van der Waals surface area contributed by atoms with Gasteiger partial charge in [-0.25, -0.2) is 0 Å². The fourth-order valence-electron chi connectivity index (χ4n) is 3.33. The zero-order chi connectivity index (χ0) is 23.8. The van der Waals surface area contributed by atoms with Crippen LogP contribution in [0.1, 0.15) is 12.0 Å². The highest BCUT2D eigenvalue weighted by molar-refractivity contribution is 7.07. The smallest absolute Gasteiger partial charge is 0.387 e. The molecule has 0 N–H and O–H groups in total. The Kier molecular flexibility index (Phi) is 8.71. The summed E-state index contributed by atoms with van der Waals surface area (Å²) in [6, 6.07) is 8.04. The summed E-state index contributed by atoms with van der Waals surface area (Å²) in [5.74, 6) is -0.558. The molecule has 1 amide bonds. The van der Waals surface area contributed by atoms with E-state index in [4.69, 9.17) is 9.47 Å². The fourth-order valence-corrected chi connectivity index (χ4v) is 4.44. The molecule has 33 heavy (non-hydrogen) atoms. The third-order valence-corrected chi connectivity index (χ3v) is 6.03. The molecule has 1 aliphatic heterocycles. The molecule has 8 nitrogen and oxygen atoms in total. The minimum Gasteiger partial charge on any atom is -0.434 e. The number of methoxy groups -OCH3 is 1. The summed E-state index contributed by atoms with van der Waals surface area (Å²) < 4.78 is 42.2. The standard InChI is InChI=1S/C22H23F2N3O5S/c1-30-10-4-7-27-20(29)18(13-15-5-2-3-6-17(15)32-22(23)24)33-21(27)16(14-25)19(28)26-8-11-31-12-9-26/h2-3,5-6,13,22H,4,7-12H2,1H3/b18-13-,21-16-. The van der Waals surface area contributed by atoms with Gasteiger partial charge in [-0.2, -0.15) is 14.0 Å². The van der Waals surface area contributed by atoms with E-state index in [9.17, 15) is 23.6 Å². The predicted octanol–water partition coefficient (Wildman–Crippen LogP) is 0.910. The minimum atomic E-state index is -3.02. The number of carbonyl (C=O) groups excluding carboxylic acids is 1. The third kappa shape index (κ3) is 6.04. The summed E-state index contributed by atoms with van der Waals surface area (Å²) in [6.45, 7) is -0.978. The van der Waals surface area contributed by atoms with Gasteiger partial charge in [-0.05, 0) is 18.6 Å². The van der Waals surface area contributed by atoms with Crippen molar-refractivity contribution in [2.24, 2.45) is 0 Å². The van der Waals surface area contributed by atoms with Gasteiger partial charge in [0.1, 0.15) is 16.5 Å². The molecule has 3 rings (SSSR count). The van der Waals surface area contributed by atoms with Crippen molar-refractivity contribution in [1.29, 1.82) is 5.26 Å². The van der Waals surface area contributed by atoms with Crippen molar-refractivity contribution >= 4 is 28.9 Å². The Labute approximate surface area is 192 Å². The number of carbonyl (C=O) groups is 1. The van der Waals surface area contributed by atoms with Gasteiger partial charge in [-0.15, -0.1) is 11.3 Å². The van der Waals surface area contributed by atoms with E-state index in [1.807, 2.05) is 6.07 Å². The Bertz CT molecular complexity index is 1200. The molecular formula is C22H23F2N3O5S. The molecule has 2 aromatic rings. The van der Waals surface area contributed by atoms with Gasteiger partial charge in [0.05, 0.1) is 17.7 Å². The molecule has 1 saturated heterocycles. The van der Waals surface area contributed by atoms with Gasteiger partial charge in [0, 0.05) is 38.9 Å². The second kappa shape index (κ2) is 11.7. The van der Waals surface area contributed by atoms with Crippen LogP contribution in [0.15, 0.2) is 29.1 Å². The van der Waals surface area contributed by atoms with Gasteiger partial charge in [-0.3, -0.25) is 14.2 Å². The fraction of sp³-hybridized carbons (Fsp3) is 0.409. The number of thiazole rings is 1. The molecule has 0 radical (unpaired) electrons. The number of nitrogens with zero attached hydrogens (tertiary/aromatic N) is 3. The quantitative estimate of drug-likeness (QED) is 0.523. The Balaban J connectivity index is 2.17. The monoisotopic (exact) mass is 479 g/mol. The van der Waals surface area contributed by atoms with Crippen LogP contribution >= 0.6 is 11.3 Å². The second-order valence-corrected chi connectivity index (χ2v) is 8.06. The number of amides is 1. The van der Waals surface area contributed by atoms with Crippen molar-refractivity contribution in [3.05, 3.63) is 49.4 Å². The van der Waals surface area contributed by atoms with Crippen LogP contribution in [0, 0.1) is 11.3 Å². The number of benzene rings is 1. The van der Waals surface area contributed by atoms with Crippen molar-refractivity contribution in [1.82, 2.24) is 9.47 Å². The van der Waals surface area contributed by atoms with Crippen LogP contribution in [0.25, 0.3) is 11.6 Å². The Morgan fingerprint density at radius 2 is 2.06 bits per heavy atom. The van der Waals surface area contributed by atoms with Gasteiger partial charge in [0.15, 0.2) is 5.57 Å². The van der Waals surface area contributed by atoms with Crippen LogP contribution in [-0.4, -0.2) is 62.0 Å². The number of nitriles is 1. The first-order valence-electron chi connectivity index (χ1n) is 10.2. The Morgan fingerprint density at radius 1 is 1.33 bits per heavy atom. The SMILES string of the molecule is COCCCn1c(=O)/c(=C/c2ccccc2OC(F)F)s/c1=C(/C#N)C(=O)N1CCOCC1. The molecule has 0 spiro atoms. The average molecular weight is 480 g/mol. The molecule has 0 bridgehead atoms. The molecule has 1 aromatic carbocycles. The molecular weight excluding hydrogens is 456 g/mol. The van der Waals surface area contributed by atoms with E-state index in [0.29, 0.717) is 39.3 Å². The molecule has 0 unspecified atom stereocenters. The number of halogens is 2. The molecule has 176 valence electrons. The van der Waals surface area contributed by atoms with E-state index in [0.717, 1.165) is 11.3 Å². The Hall–Kier alpha value is -3.07. The number of para-hydroxylation sites is 1. The van der Waals surface area contributed by atoms with Gasteiger partial charge in [0.25, 0.3) is 11.5 Å².